The summed E-state index contributed by atoms with van der Waals surface area (Å²) in [5.41, 5.74) is 0.938. The van der Waals surface area contributed by atoms with Crippen molar-refractivity contribution < 1.29 is 0 Å². The molecule has 0 amide bonds. The maximum absolute atomic E-state index is 3.77. The first-order chi connectivity index (χ1) is 7.45. The van der Waals surface area contributed by atoms with Crippen molar-refractivity contribution >= 4 is 0 Å². The van der Waals surface area contributed by atoms with Crippen LogP contribution >= 0.6 is 0 Å². The summed E-state index contributed by atoms with van der Waals surface area (Å²) in [5.74, 6) is 2.10. The minimum absolute atomic E-state index is 0.280. The Morgan fingerprint density at radius 3 is 2.44 bits per heavy atom. The summed E-state index contributed by atoms with van der Waals surface area (Å²) in [6.07, 6.45) is 8.87. The van der Waals surface area contributed by atoms with Crippen LogP contribution in [-0.2, 0) is 0 Å². The number of fused-ring (bicyclic) bond motifs is 2. The number of rotatable bonds is 4. The van der Waals surface area contributed by atoms with Crippen molar-refractivity contribution in [3.63, 3.8) is 0 Å². The molecule has 0 saturated heterocycles. The van der Waals surface area contributed by atoms with Gasteiger partial charge in [-0.1, -0.05) is 19.8 Å². The van der Waals surface area contributed by atoms with Crippen molar-refractivity contribution in [2.24, 2.45) is 17.3 Å². The molecule has 3 atom stereocenters. The first-order valence-corrected chi connectivity index (χ1v) is 7.20. The first kappa shape index (κ1) is 12.4. The third kappa shape index (κ3) is 2.45. The molecule has 1 heteroatoms. The first-order valence-electron chi connectivity index (χ1n) is 7.20. The second-order valence-electron chi connectivity index (χ2n) is 7.30. The van der Waals surface area contributed by atoms with E-state index in [1.807, 2.05) is 0 Å². The molecule has 2 bridgehead atoms. The fourth-order valence-corrected chi connectivity index (χ4v) is 4.11. The molecule has 3 unspecified atom stereocenters. The van der Waals surface area contributed by atoms with E-state index in [0.29, 0.717) is 5.41 Å². The van der Waals surface area contributed by atoms with Gasteiger partial charge in [-0.3, -0.25) is 0 Å². The lowest BCUT2D eigenvalue weighted by atomic mass is 9.70. The van der Waals surface area contributed by atoms with Crippen molar-refractivity contribution in [3.8, 4) is 0 Å². The number of nitrogens with one attached hydrogen (secondary N) is 1. The van der Waals surface area contributed by atoms with Crippen molar-refractivity contribution in [1.82, 2.24) is 5.32 Å². The zero-order valence-electron chi connectivity index (χ0n) is 11.6. The SMILES string of the molecule is CCCC1(CNC(C)(C)C)CC2CCC1C2. The van der Waals surface area contributed by atoms with Gasteiger partial charge in [-0.15, -0.1) is 0 Å². The summed E-state index contributed by atoms with van der Waals surface area (Å²) in [6, 6.07) is 0. The van der Waals surface area contributed by atoms with Gasteiger partial charge in [0.1, 0.15) is 0 Å². The molecule has 0 aliphatic heterocycles. The van der Waals surface area contributed by atoms with E-state index >= 15 is 0 Å². The van der Waals surface area contributed by atoms with E-state index in [4.69, 9.17) is 0 Å². The fourth-order valence-electron chi connectivity index (χ4n) is 4.11. The standard InChI is InChI=1S/C15H29N/c1-5-8-15(11-16-14(2,3)4)10-12-6-7-13(15)9-12/h12-13,16H,5-11H2,1-4H3. The Morgan fingerprint density at radius 2 is 2.00 bits per heavy atom. The molecule has 1 nitrogen and oxygen atoms in total. The van der Waals surface area contributed by atoms with Gasteiger partial charge in [-0.05, 0) is 63.7 Å². The Morgan fingerprint density at radius 1 is 1.25 bits per heavy atom. The average molecular weight is 223 g/mol. The molecule has 2 saturated carbocycles. The minimum Gasteiger partial charge on any atom is -0.312 e. The van der Waals surface area contributed by atoms with Crippen LogP contribution in [0.15, 0.2) is 0 Å². The molecule has 1 N–H and O–H groups in total. The predicted octanol–water partition coefficient (Wildman–Crippen LogP) is 3.98. The van der Waals surface area contributed by atoms with E-state index in [9.17, 15) is 0 Å². The Hall–Kier alpha value is -0.0400. The van der Waals surface area contributed by atoms with E-state index in [1.54, 1.807) is 0 Å². The molecule has 2 aliphatic rings. The maximum Gasteiger partial charge on any atom is 0.00967 e. The lowest BCUT2D eigenvalue weighted by Crippen LogP contribution is -2.46. The Kier molecular flexibility index (Phi) is 3.36. The normalized spacial score (nSPS) is 38.2. The van der Waals surface area contributed by atoms with Crippen LogP contribution in [0.5, 0.6) is 0 Å². The Bertz CT molecular complexity index is 240. The minimum atomic E-state index is 0.280. The second kappa shape index (κ2) is 4.33. The van der Waals surface area contributed by atoms with Crippen LogP contribution < -0.4 is 5.32 Å². The van der Waals surface area contributed by atoms with Crippen LogP contribution in [0.3, 0.4) is 0 Å². The molecule has 0 heterocycles. The van der Waals surface area contributed by atoms with E-state index in [1.165, 1.54) is 45.1 Å². The highest BCUT2D eigenvalue weighted by Crippen LogP contribution is 2.57. The second-order valence-corrected chi connectivity index (χ2v) is 7.30. The van der Waals surface area contributed by atoms with Crippen LogP contribution in [0, 0.1) is 17.3 Å². The summed E-state index contributed by atoms with van der Waals surface area (Å²) in [5, 5.41) is 3.77. The van der Waals surface area contributed by atoms with Gasteiger partial charge < -0.3 is 5.32 Å². The van der Waals surface area contributed by atoms with E-state index < -0.39 is 0 Å². The average Bonchev–Trinajstić information content (AvgIpc) is 2.74. The molecule has 2 aliphatic carbocycles. The van der Waals surface area contributed by atoms with Gasteiger partial charge in [0.2, 0.25) is 0 Å². The third-order valence-corrected chi connectivity index (χ3v) is 4.82. The van der Waals surface area contributed by atoms with Crippen LogP contribution in [0.25, 0.3) is 0 Å². The van der Waals surface area contributed by atoms with Gasteiger partial charge in [-0.2, -0.15) is 0 Å². The molecular formula is C15H29N. The van der Waals surface area contributed by atoms with Gasteiger partial charge in [0.15, 0.2) is 0 Å². The molecule has 0 aromatic rings. The monoisotopic (exact) mass is 223 g/mol. The van der Waals surface area contributed by atoms with Crippen molar-refractivity contribution in [1.29, 1.82) is 0 Å². The Labute approximate surface area is 101 Å². The molecule has 0 aromatic carbocycles. The molecular weight excluding hydrogens is 194 g/mol. The quantitative estimate of drug-likeness (QED) is 0.760. The van der Waals surface area contributed by atoms with Gasteiger partial charge in [0, 0.05) is 12.1 Å². The molecule has 94 valence electrons. The summed E-state index contributed by atoms with van der Waals surface area (Å²) < 4.78 is 0. The van der Waals surface area contributed by atoms with E-state index in [0.717, 1.165) is 11.8 Å². The van der Waals surface area contributed by atoms with E-state index in [2.05, 4.69) is 33.0 Å². The number of hydrogen-bond donors (Lipinski definition) is 1. The van der Waals surface area contributed by atoms with Crippen molar-refractivity contribution in [2.45, 2.75) is 71.8 Å². The van der Waals surface area contributed by atoms with Gasteiger partial charge in [-0.25, -0.2) is 0 Å². The highest BCUT2D eigenvalue weighted by Gasteiger charge is 2.49. The molecule has 0 radical (unpaired) electrons. The lowest BCUT2D eigenvalue weighted by molar-refractivity contribution is 0.129. The number of hydrogen-bond acceptors (Lipinski definition) is 1. The van der Waals surface area contributed by atoms with Gasteiger partial charge in [0.05, 0.1) is 0 Å². The molecule has 2 fully saturated rings. The van der Waals surface area contributed by atoms with Crippen molar-refractivity contribution in [2.75, 3.05) is 6.54 Å². The fraction of sp³-hybridized carbons (Fsp3) is 1.00. The van der Waals surface area contributed by atoms with Crippen LogP contribution in [0.1, 0.15) is 66.2 Å². The zero-order valence-corrected chi connectivity index (χ0v) is 11.6. The highest BCUT2D eigenvalue weighted by molar-refractivity contribution is 5.01. The topological polar surface area (TPSA) is 12.0 Å². The van der Waals surface area contributed by atoms with Crippen molar-refractivity contribution in [3.05, 3.63) is 0 Å². The lowest BCUT2D eigenvalue weighted by Gasteiger charge is -2.40. The molecule has 2 rings (SSSR count). The molecule has 0 spiro atoms. The van der Waals surface area contributed by atoms with Crippen LogP contribution in [0.2, 0.25) is 0 Å². The summed E-state index contributed by atoms with van der Waals surface area (Å²) in [4.78, 5) is 0. The summed E-state index contributed by atoms with van der Waals surface area (Å²) in [7, 11) is 0. The smallest absolute Gasteiger partial charge is 0.00967 e. The van der Waals surface area contributed by atoms with Crippen LogP contribution in [-0.4, -0.2) is 12.1 Å². The summed E-state index contributed by atoms with van der Waals surface area (Å²) >= 11 is 0. The zero-order chi connectivity index (χ0) is 11.8. The summed E-state index contributed by atoms with van der Waals surface area (Å²) in [6.45, 7) is 10.5. The van der Waals surface area contributed by atoms with Crippen LogP contribution in [0.4, 0.5) is 0 Å². The largest absolute Gasteiger partial charge is 0.312 e. The van der Waals surface area contributed by atoms with Gasteiger partial charge >= 0.3 is 0 Å². The molecule has 0 aromatic heterocycles. The predicted molar refractivity (Wildman–Crippen MR) is 70.5 cm³/mol. The Balaban J connectivity index is 2.00. The van der Waals surface area contributed by atoms with Gasteiger partial charge in [0.25, 0.3) is 0 Å². The molecule has 16 heavy (non-hydrogen) atoms. The highest BCUT2D eigenvalue weighted by atomic mass is 15.0. The van der Waals surface area contributed by atoms with E-state index in [-0.39, 0.29) is 5.54 Å². The maximum atomic E-state index is 3.77. The third-order valence-electron chi connectivity index (χ3n) is 4.82.